The van der Waals surface area contributed by atoms with Crippen LogP contribution in [0.15, 0.2) is 41.2 Å². The van der Waals surface area contributed by atoms with Crippen molar-refractivity contribution in [2.24, 2.45) is 10.7 Å². The average molecular weight is 479 g/mol. The number of nitrogens with one attached hydrogen (secondary N) is 2. The molecule has 1 aromatic carbocycles. The van der Waals surface area contributed by atoms with Crippen LogP contribution in [0.3, 0.4) is 0 Å². The number of nitrogens with two attached hydrogens (primary N) is 1. The lowest BCUT2D eigenvalue weighted by atomic mass is 9.98. The second-order valence-electron chi connectivity index (χ2n) is 7.92. The van der Waals surface area contributed by atoms with Crippen molar-refractivity contribution in [2.45, 2.75) is 13.0 Å². The molecule has 4 N–H and O–H groups in total. The molecule has 35 heavy (non-hydrogen) atoms. The van der Waals surface area contributed by atoms with Crippen LogP contribution >= 0.6 is 0 Å². The van der Waals surface area contributed by atoms with Crippen molar-refractivity contribution in [3.63, 3.8) is 0 Å². The number of allylic oxidation sites excluding steroid dienone is 1. The first-order chi connectivity index (χ1) is 16.7. The zero-order valence-electron chi connectivity index (χ0n) is 20.0. The molecule has 2 amide bonds. The Hall–Kier alpha value is -4.23. The number of anilines is 1. The molecular formula is C25H27FN6O3. The largest absolute Gasteiger partial charge is 0.482 e. The first-order valence-electron chi connectivity index (χ1n) is 10.8. The molecule has 2 heterocycles. The molecule has 10 heteroatoms. The van der Waals surface area contributed by atoms with Crippen LogP contribution in [0, 0.1) is 18.2 Å². The molecule has 1 aromatic heterocycles. The molecule has 0 radical (unpaired) electrons. The number of terminal acetylenes is 1. The van der Waals surface area contributed by atoms with Crippen molar-refractivity contribution in [1.82, 2.24) is 15.2 Å². The molecule has 0 unspecified atom stereocenters. The number of benzene rings is 1. The Morgan fingerprint density at radius 1 is 1.43 bits per heavy atom. The number of fused-ring (bicyclic) bond motifs is 3. The fraction of sp³-hybridized carbons (Fsp3) is 0.280. The SMILES string of the molecule is C#CC(=NC)C1=C(N)CN(C)C(=O)c2ccc(F)cc2[C@H](C)Oc2cc1cnc2NC(=O)CNC. The number of hydrogen-bond acceptors (Lipinski definition) is 7. The lowest BCUT2D eigenvalue weighted by Crippen LogP contribution is -2.33. The van der Waals surface area contributed by atoms with Gasteiger partial charge in [0.05, 0.1) is 13.1 Å². The van der Waals surface area contributed by atoms with Crippen LogP contribution in [0.1, 0.15) is 34.5 Å². The molecule has 1 aliphatic heterocycles. The fourth-order valence-electron chi connectivity index (χ4n) is 3.76. The Kier molecular flexibility index (Phi) is 7.83. The third-order valence-electron chi connectivity index (χ3n) is 5.39. The summed E-state index contributed by atoms with van der Waals surface area (Å²) in [5.41, 5.74) is 8.45. The van der Waals surface area contributed by atoms with Crippen LogP contribution < -0.4 is 21.1 Å². The maximum Gasteiger partial charge on any atom is 0.254 e. The van der Waals surface area contributed by atoms with Crippen LogP contribution in [0.5, 0.6) is 5.75 Å². The summed E-state index contributed by atoms with van der Waals surface area (Å²) in [6, 6.07) is 5.49. The molecule has 1 atom stereocenters. The molecule has 9 nitrogen and oxygen atoms in total. The average Bonchev–Trinajstić information content (AvgIpc) is 2.82. The summed E-state index contributed by atoms with van der Waals surface area (Å²) in [6.45, 7) is 1.75. The number of pyridine rings is 1. The van der Waals surface area contributed by atoms with E-state index in [0.29, 0.717) is 16.7 Å². The molecule has 1 aliphatic rings. The van der Waals surface area contributed by atoms with Crippen LogP contribution in [-0.4, -0.2) is 61.6 Å². The zero-order chi connectivity index (χ0) is 25.7. The highest BCUT2D eigenvalue weighted by Gasteiger charge is 2.26. The van der Waals surface area contributed by atoms with Crippen LogP contribution in [0.2, 0.25) is 0 Å². The first-order valence-corrected chi connectivity index (χ1v) is 10.8. The summed E-state index contributed by atoms with van der Waals surface area (Å²) >= 11 is 0. The third-order valence-corrected chi connectivity index (χ3v) is 5.39. The molecule has 0 saturated heterocycles. The van der Waals surface area contributed by atoms with Gasteiger partial charge in [0.25, 0.3) is 5.91 Å². The Morgan fingerprint density at radius 3 is 2.83 bits per heavy atom. The van der Waals surface area contributed by atoms with E-state index in [4.69, 9.17) is 16.9 Å². The van der Waals surface area contributed by atoms with Gasteiger partial charge in [-0.3, -0.25) is 14.6 Å². The summed E-state index contributed by atoms with van der Waals surface area (Å²) in [5.74, 6) is 1.61. The minimum Gasteiger partial charge on any atom is -0.482 e. The van der Waals surface area contributed by atoms with Crippen LogP contribution in [0.25, 0.3) is 5.57 Å². The number of carbonyl (C=O) groups is 2. The predicted molar refractivity (Wildman–Crippen MR) is 132 cm³/mol. The van der Waals surface area contributed by atoms with Gasteiger partial charge in [0, 0.05) is 48.3 Å². The van der Waals surface area contributed by atoms with E-state index in [1.165, 1.54) is 36.3 Å². The Balaban J connectivity index is 2.28. The van der Waals surface area contributed by atoms with Gasteiger partial charge in [-0.2, -0.15) is 0 Å². The second-order valence-corrected chi connectivity index (χ2v) is 7.92. The van der Waals surface area contributed by atoms with E-state index in [0.717, 1.165) is 0 Å². The van der Waals surface area contributed by atoms with E-state index < -0.39 is 11.9 Å². The van der Waals surface area contributed by atoms with Gasteiger partial charge >= 0.3 is 0 Å². The summed E-state index contributed by atoms with van der Waals surface area (Å²) in [6.07, 6.45) is 6.40. The summed E-state index contributed by atoms with van der Waals surface area (Å²) in [7, 11) is 4.75. The van der Waals surface area contributed by atoms with E-state index in [9.17, 15) is 14.0 Å². The highest BCUT2D eigenvalue weighted by molar-refractivity contribution is 6.32. The quantitative estimate of drug-likeness (QED) is 0.456. The topological polar surface area (TPSA) is 122 Å². The smallest absolute Gasteiger partial charge is 0.254 e. The predicted octanol–water partition coefficient (Wildman–Crippen LogP) is 1.98. The standard InChI is InChI=1S/C25H27FN6O3/c1-6-20(29-4)23-15-9-21(24(30-11-15)31-22(33)12-28-3)35-14(2)18-10-16(26)7-8-17(18)25(34)32(5)13-19(23)27/h1,7-11,14,28H,12-13,27H2,2-5H3,(H,30,31,33)/t14-/m0/s1. The van der Waals surface area contributed by atoms with Crippen molar-refractivity contribution < 1.29 is 18.7 Å². The Labute approximate surface area is 203 Å². The summed E-state index contributed by atoms with van der Waals surface area (Å²) < 4.78 is 20.3. The minimum atomic E-state index is -0.772. The maximum atomic E-state index is 14.2. The van der Waals surface area contributed by atoms with Crippen molar-refractivity contribution >= 4 is 28.9 Å². The van der Waals surface area contributed by atoms with Gasteiger partial charge in [0.2, 0.25) is 5.91 Å². The number of likely N-dealkylation sites (N-methyl/N-ethyl adjacent to an activating group) is 2. The van der Waals surface area contributed by atoms with E-state index in [-0.39, 0.29) is 53.4 Å². The number of ether oxygens (including phenoxy) is 1. The number of aliphatic imine (C=N–C) groups is 1. The van der Waals surface area contributed by atoms with E-state index in [1.54, 1.807) is 27.1 Å². The van der Waals surface area contributed by atoms with E-state index in [2.05, 4.69) is 26.5 Å². The molecule has 182 valence electrons. The van der Waals surface area contributed by atoms with Crippen molar-refractivity contribution in [3.05, 3.63) is 58.7 Å². The molecule has 0 spiro atoms. The molecule has 0 fully saturated rings. The van der Waals surface area contributed by atoms with Crippen LogP contribution in [-0.2, 0) is 4.79 Å². The van der Waals surface area contributed by atoms with Gasteiger partial charge in [0.1, 0.15) is 17.6 Å². The van der Waals surface area contributed by atoms with E-state index in [1.807, 2.05) is 0 Å². The van der Waals surface area contributed by atoms with Crippen molar-refractivity contribution in [3.8, 4) is 18.1 Å². The molecule has 2 aromatic rings. The Morgan fingerprint density at radius 2 is 2.17 bits per heavy atom. The number of amides is 2. The summed E-state index contributed by atoms with van der Waals surface area (Å²) in [4.78, 5) is 35.5. The van der Waals surface area contributed by atoms with Crippen molar-refractivity contribution in [1.29, 1.82) is 0 Å². The fourth-order valence-corrected chi connectivity index (χ4v) is 3.76. The number of hydrogen-bond donors (Lipinski definition) is 3. The number of nitrogens with zero attached hydrogens (tertiary/aromatic N) is 3. The Bertz CT molecular complexity index is 1260. The van der Waals surface area contributed by atoms with Gasteiger partial charge in [-0.15, -0.1) is 6.42 Å². The number of aromatic nitrogens is 1. The van der Waals surface area contributed by atoms with Crippen LogP contribution in [0.4, 0.5) is 10.2 Å². The molecular weight excluding hydrogens is 451 g/mol. The number of carbonyl (C=O) groups excluding carboxylic acids is 2. The normalized spacial score (nSPS) is 16.5. The highest BCUT2D eigenvalue weighted by Crippen LogP contribution is 2.34. The van der Waals surface area contributed by atoms with Gasteiger partial charge in [-0.1, -0.05) is 5.92 Å². The maximum absolute atomic E-state index is 14.2. The lowest BCUT2D eigenvalue weighted by molar-refractivity contribution is -0.115. The monoisotopic (exact) mass is 478 g/mol. The van der Waals surface area contributed by atoms with Gasteiger partial charge in [0.15, 0.2) is 11.6 Å². The minimum absolute atomic E-state index is 0.0247. The lowest BCUT2D eigenvalue weighted by Gasteiger charge is -2.25. The number of halogens is 1. The highest BCUT2D eigenvalue weighted by atomic mass is 19.1. The number of rotatable bonds is 4. The van der Waals surface area contributed by atoms with E-state index >= 15 is 0 Å². The molecule has 0 saturated carbocycles. The third kappa shape index (κ3) is 5.47. The summed E-state index contributed by atoms with van der Waals surface area (Å²) in [5, 5.41) is 5.45. The zero-order valence-corrected chi connectivity index (χ0v) is 20.0. The van der Waals surface area contributed by atoms with Gasteiger partial charge in [-0.05, 0) is 38.2 Å². The molecule has 3 rings (SSSR count). The van der Waals surface area contributed by atoms with Gasteiger partial charge in [-0.25, -0.2) is 9.37 Å². The molecule has 2 bridgehead atoms. The van der Waals surface area contributed by atoms with Crippen molar-refractivity contribution in [2.75, 3.05) is 39.5 Å². The molecule has 0 aliphatic carbocycles. The first kappa shape index (κ1) is 25.4. The van der Waals surface area contributed by atoms with Gasteiger partial charge < -0.3 is 26.0 Å². The second kappa shape index (κ2) is 10.8.